The van der Waals surface area contributed by atoms with Crippen molar-refractivity contribution in [2.24, 2.45) is 0 Å². The summed E-state index contributed by atoms with van der Waals surface area (Å²) < 4.78 is 0. The molecule has 0 radical (unpaired) electrons. The summed E-state index contributed by atoms with van der Waals surface area (Å²) in [5, 5.41) is 3.14. The average molecular weight is 250 g/mol. The van der Waals surface area contributed by atoms with Crippen molar-refractivity contribution in [2.45, 2.75) is 0 Å². The Labute approximate surface area is 109 Å². The highest BCUT2D eigenvalue weighted by Gasteiger charge is 2.25. The Morgan fingerprint density at radius 3 is 2.32 bits per heavy atom. The van der Waals surface area contributed by atoms with Gasteiger partial charge in [0.25, 0.3) is 0 Å². The minimum absolute atomic E-state index is 0.437. The Balaban J connectivity index is 2.04. The third-order valence-corrected chi connectivity index (χ3v) is 2.92. The van der Waals surface area contributed by atoms with E-state index in [0.29, 0.717) is 11.3 Å². The van der Waals surface area contributed by atoms with Crippen LogP contribution in [0, 0.1) is 0 Å². The molecule has 0 bridgehead atoms. The molecule has 0 aliphatic heterocycles. The number of carbonyl (C=O) groups excluding carboxylic acids is 2. The largest absolute Gasteiger partial charge is 0.355 e. The zero-order valence-electron chi connectivity index (χ0n) is 9.96. The molecule has 3 rings (SSSR count). The third-order valence-electron chi connectivity index (χ3n) is 2.92. The van der Waals surface area contributed by atoms with Crippen molar-refractivity contribution in [3.05, 3.63) is 66.0 Å². The highest BCUT2D eigenvalue weighted by atomic mass is 16.2. The molecule has 0 unspecified atom stereocenters. The molecule has 0 saturated heterocycles. The van der Waals surface area contributed by atoms with Crippen molar-refractivity contribution in [3.8, 4) is 0 Å². The topological polar surface area (TPSA) is 59.1 Å². The Hall–Kier alpha value is -2.75. The zero-order valence-corrected chi connectivity index (χ0v) is 9.96. The molecule has 1 aromatic carbocycles. The van der Waals surface area contributed by atoms with Gasteiger partial charge in [0.05, 0.1) is 5.70 Å². The maximum absolute atomic E-state index is 11.8. The number of benzene rings is 1. The van der Waals surface area contributed by atoms with Crippen LogP contribution >= 0.6 is 0 Å². The summed E-state index contributed by atoms with van der Waals surface area (Å²) in [6, 6.07) is 10.7. The van der Waals surface area contributed by atoms with Crippen LogP contribution < -0.4 is 5.32 Å². The maximum atomic E-state index is 11.8. The van der Waals surface area contributed by atoms with E-state index in [1.807, 2.05) is 12.1 Å². The quantitative estimate of drug-likeness (QED) is 0.831. The van der Waals surface area contributed by atoms with Gasteiger partial charge in [-0.25, -0.2) is 0 Å². The number of carbonyl (C=O) groups is 2. The second kappa shape index (κ2) is 4.49. The van der Waals surface area contributed by atoms with Crippen LogP contribution in [0.5, 0.6) is 0 Å². The van der Waals surface area contributed by atoms with Gasteiger partial charge in [0, 0.05) is 35.3 Å². The average Bonchev–Trinajstić information content (AvgIpc) is 2.46. The van der Waals surface area contributed by atoms with Crippen LogP contribution in [0.4, 0.5) is 5.69 Å². The minimum Gasteiger partial charge on any atom is -0.355 e. The van der Waals surface area contributed by atoms with Gasteiger partial charge in [-0.1, -0.05) is 24.3 Å². The fourth-order valence-electron chi connectivity index (χ4n) is 2.02. The first-order chi connectivity index (χ1) is 9.25. The van der Waals surface area contributed by atoms with Gasteiger partial charge in [-0.2, -0.15) is 0 Å². The maximum Gasteiger partial charge on any atom is 0.233 e. The molecular formula is C15H10N2O2. The van der Waals surface area contributed by atoms with Gasteiger partial charge >= 0.3 is 0 Å². The van der Waals surface area contributed by atoms with Crippen molar-refractivity contribution in [1.82, 2.24) is 4.98 Å². The number of ketones is 2. The first-order valence-electron chi connectivity index (χ1n) is 5.82. The standard InChI is InChI=1S/C15H10N2O2/c18-14-9-13(17-10-5-7-16-8-6-10)11-3-1-2-4-12(11)15(14)19/h1-9H,(H,16,17). The molecule has 19 heavy (non-hydrogen) atoms. The van der Waals surface area contributed by atoms with E-state index < -0.39 is 11.6 Å². The number of fused-ring (bicyclic) bond motifs is 1. The van der Waals surface area contributed by atoms with Crippen LogP contribution in [0.15, 0.2) is 54.9 Å². The molecule has 4 heteroatoms. The van der Waals surface area contributed by atoms with E-state index in [-0.39, 0.29) is 0 Å². The van der Waals surface area contributed by atoms with E-state index >= 15 is 0 Å². The van der Waals surface area contributed by atoms with Gasteiger partial charge in [0.2, 0.25) is 11.6 Å². The summed E-state index contributed by atoms with van der Waals surface area (Å²) in [6.07, 6.45) is 4.65. The van der Waals surface area contributed by atoms with Crippen LogP contribution in [-0.2, 0) is 4.79 Å². The van der Waals surface area contributed by atoms with Crippen LogP contribution in [0.1, 0.15) is 15.9 Å². The number of hydrogen-bond acceptors (Lipinski definition) is 4. The van der Waals surface area contributed by atoms with Gasteiger partial charge in [-0.05, 0) is 12.1 Å². The molecule has 0 atom stereocenters. The number of nitrogens with zero attached hydrogens (tertiary/aromatic N) is 1. The van der Waals surface area contributed by atoms with Crippen LogP contribution in [-0.4, -0.2) is 16.6 Å². The number of nitrogens with one attached hydrogen (secondary N) is 1. The summed E-state index contributed by atoms with van der Waals surface area (Å²) in [7, 11) is 0. The Kier molecular flexibility index (Phi) is 2.68. The second-order valence-electron chi connectivity index (χ2n) is 4.16. The lowest BCUT2D eigenvalue weighted by Gasteiger charge is -2.17. The van der Waals surface area contributed by atoms with Gasteiger partial charge in [-0.15, -0.1) is 0 Å². The monoisotopic (exact) mass is 250 g/mol. The number of aromatic nitrogens is 1. The summed E-state index contributed by atoms with van der Waals surface area (Å²) in [5.74, 6) is -0.967. The number of allylic oxidation sites excluding steroid dienone is 1. The fourth-order valence-corrected chi connectivity index (χ4v) is 2.02. The van der Waals surface area contributed by atoms with Crippen molar-refractivity contribution in [3.63, 3.8) is 0 Å². The van der Waals surface area contributed by atoms with Gasteiger partial charge in [0.15, 0.2) is 0 Å². The molecule has 1 heterocycles. The number of hydrogen-bond donors (Lipinski definition) is 1. The summed E-state index contributed by atoms with van der Waals surface area (Å²) in [5.41, 5.74) is 2.63. The van der Waals surface area contributed by atoms with Gasteiger partial charge in [0.1, 0.15) is 0 Å². The van der Waals surface area contributed by atoms with Crippen molar-refractivity contribution >= 4 is 23.0 Å². The molecule has 1 aliphatic carbocycles. The molecule has 0 fully saturated rings. The zero-order chi connectivity index (χ0) is 13.2. The molecule has 1 N–H and O–H groups in total. The van der Waals surface area contributed by atoms with Gasteiger partial charge in [-0.3, -0.25) is 14.6 Å². The van der Waals surface area contributed by atoms with E-state index in [0.717, 1.165) is 11.3 Å². The first-order valence-corrected chi connectivity index (χ1v) is 5.82. The predicted molar refractivity (Wildman–Crippen MR) is 71.6 cm³/mol. The van der Waals surface area contributed by atoms with Crippen molar-refractivity contribution < 1.29 is 9.59 Å². The van der Waals surface area contributed by atoms with E-state index in [2.05, 4.69) is 10.3 Å². The molecule has 1 aliphatic rings. The Morgan fingerprint density at radius 2 is 1.58 bits per heavy atom. The molecule has 2 aromatic rings. The lowest BCUT2D eigenvalue weighted by Crippen LogP contribution is -2.20. The minimum atomic E-state index is -0.504. The fraction of sp³-hybridized carbons (Fsp3) is 0. The Morgan fingerprint density at radius 1 is 0.895 bits per heavy atom. The first kappa shape index (κ1) is 11.3. The molecular weight excluding hydrogens is 240 g/mol. The molecule has 0 saturated carbocycles. The van der Waals surface area contributed by atoms with E-state index in [1.54, 1.807) is 36.7 Å². The highest BCUT2D eigenvalue weighted by molar-refractivity contribution is 6.50. The summed E-state index contributed by atoms with van der Waals surface area (Å²) in [6.45, 7) is 0. The SMILES string of the molecule is O=C1C=C(Nc2ccncc2)c2ccccc2C1=O. The summed E-state index contributed by atoms with van der Waals surface area (Å²) in [4.78, 5) is 27.4. The van der Waals surface area contributed by atoms with Crippen molar-refractivity contribution in [1.29, 1.82) is 0 Å². The lowest BCUT2D eigenvalue weighted by molar-refractivity contribution is -0.111. The molecule has 92 valence electrons. The van der Waals surface area contributed by atoms with Crippen LogP contribution in [0.2, 0.25) is 0 Å². The molecule has 1 aromatic heterocycles. The van der Waals surface area contributed by atoms with E-state index in [9.17, 15) is 9.59 Å². The smallest absolute Gasteiger partial charge is 0.233 e. The van der Waals surface area contributed by atoms with E-state index in [4.69, 9.17) is 0 Å². The summed E-state index contributed by atoms with van der Waals surface area (Å²) >= 11 is 0. The second-order valence-corrected chi connectivity index (χ2v) is 4.16. The lowest BCUT2D eigenvalue weighted by atomic mass is 9.93. The number of Topliss-reactive ketones (excluding diaryl/α,β-unsaturated/α-hetero) is 1. The normalized spacial score (nSPS) is 13.8. The molecule has 4 nitrogen and oxygen atoms in total. The number of pyridine rings is 1. The predicted octanol–water partition coefficient (Wildman–Crippen LogP) is 2.30. The van der Waals surface area contributed by atoms with Gasteiger partial charge < -0.3 is 5.32 Å². The molecule has 0 spiro atoms. The number of anilines is 1. The highest BCUT2D eigenvalue weighted by Crippen LogP contribution is 2.26. The third kappa shape index (κ3) is 2.04. The molecule has 0 amide bonds. The van der Waals surface area contributed by atoms with Crippen LogP contribution in [0.3, 0.4) is 0 Å². The number of rotatable bonds is 2. The van der Waals surface area contributed by atoms with Crippen molar-refractivity contribution in [2.75, 3.05) is 5.32 Å². The van der Waals surface area contributed by atoms with E-state index in [1.165, 1.54) is 6.08 Å². The van der Waals surface area contributed by atoms with Crippen LogP contribution in [0.25, 0.3) is 5.70 Å². The Bertz CT molecular complexity index is 690.